The molecule has 0 aromatic heterocycles. The van der Waals surface area contributed by atoms with Crippen molar-refractivity contribution >= 4 is 0 Å². The summed E-state index contributed by atoms with van der Waals surface area (Å²) >= 11 is 0. The van der Waals surface area contributed by atoms with Gasteiger partial charge in [-0.25, -0.2) is 0 Å². The molecule has 1 aromatic carbocycles. The molecule has 0 N–H and O–H groups in total. The first-order valence-corrected chi connectivity index (χ1v) is 6.96. The van der Waals surface area contributed by atoms with Gasteiger partial charge in [-0.05, 0) is 48.6 Å². The number of allylic oxidation sites excluding steroid dienone is 2. The van der Waals surface area contributed by atoms with E-state index in [1.54, 1.807) is 0 Å². The molecule has 2 atom stereocenters. The van der Waals surface area contributed by atoms with E-state index in [0.29, 0.717) is 11.8 Å². The summed E-state index contributed by atoms with van der Waals surface area (Å²) in [5.41, 5.74) is 3.01. The van der Waals surface area contributed by atoms with Gasteiger partial charge in [0.15, 0.2) is 0 Å². The monoisotopic (exact) mass is 242 g/mol. The van der Waals surface area contributed by atoms with Crippen LogP contribution in [0.3, 0.4) is 0 Å². The Labute approximate surface area is 112 Å². The Morgan fingerprint density at radius 1 is 0.889 bits per heavy atom. The first-order valence-electron chi connectivity index (χ1n) is 6.96. The molecule has 0 saturated carbocycles. The maximum Gasteiger partial charge on any atom is -0.0247 e. The highest BCUT2D eigenvalue weighted by Crippen LogP contribution is 2.20. The second kappa shape index (κ2) is 7.92. The largest absolute Gasteiger partial charge is 0.103 e. The van der Waals surface area contributed by atoms with Crippen molar-refractivity contribution in [3.8, 4) is 0 Å². The van der Waals surface area contributed by atoms with Gasteiger partial charge in [0.2, 0.25) is 0 Å². The molecular formula is C18H26. The van der Waals surface area contributed by atoms with Crippen molar-refractivity contribution in [3.05, 3.63) is 60.7 Å². The van der Waals surface area contributed by atoms with Crippen LogP contribution in [0.2, 0.25) is 0 Å². The average Bonchev–Trinajstić information content (AvgIpc) is 2.32. The molecule has 0 heterocycles. The maximum atomic E-state index is 3.83. The highest BCUT2D eigenvalue weighted by Gasteiger charge is 2.09. The minimum absolute atomic E-state index is 0.679. The van der Waals surface area contributed by atoms with E-state index in [1.165, 1.54) is 11.1 Å². The Bertz CT molecular complexity index is 338. The van der Waals surface area contributed by atoms with Crippen molar-refractivity contribution in [2.75, 3.05) is 0 Å². The smallest absolute Gasteiger partial charge is 0.0247 e. The van der Waals surface area contributed by atoms with E-state index in [4.69, 9.17) is 0 Å². The van der Waals surface area contributed by atoms with E-state index in [0.717, 1.165) is 25.7 Å². The SMILES string of the molecule is C=CCC(C)Cc1ccccc1CC(C)CC=C. The Kier molecular flexibility index (Phi) is 6.49. The van der Waals surface area contributed by atoms with E-state index in [-0.39, 0.29) is 0 Å². The average molecular weight is 242 g/mol. The first kappa shape index (κ1) is 14.8. The minimum Gasteiger partial charge on any atom is -0.103 e. The van der Waals surface area contributed by atoms with Gasteiger partial charge in [0, 0.05) is 0 Å². The van der Waals surface area contributed by atoms with Crippen LogP contribution in [-0.2, 0) is 12.8 Å². The van der Waals surface area contributed by atoms with Crippen LogP contribution in [0.25, 0.3) is 0 Å². The summed E-state index contributed by atoms with van der Waals surface area (Å²) in [5.74, 6) is 1.36. The van der Waals surface area contributed by atoms with Crippen molar-refractivity contribution in [1.82, 2.24) is 0 Å². The standard InChI is InChI=1S/C18H26/c1-5-9-15(3)13-17-11-7-8-12-18(17)14-16(4)10-6-2/h5-8,11-12,15-16H,1-2,9-10,13-14H2,3-4H3. The molecule has 0 aliphatic heterocycles. The highest BCUT2D eigenvalue weighted by molar-refractivity contribution is 5.28. The molecule has 0 amide bonds. The third kappa shape index (κ3) is 4.91. The minimum atomic E-state index is 0.679. The third-order valence-corrected chi connectivity index (χ3v) is 3.39. The highest BCUT2D eigenvalue weighted by atomic mass is 14.1. The van der Waals surface area contributed by atoms with Crippen LogP contribution in [-0.4, -0.2) is 0 Å². The summed E-state index contributed by atoms with van der Waals surface area (Å²) in [6.45, 7) is 12.2. The predicted octanol–water partition coefficient (Wildman–Crippen LogP) is 5.20. The number of hydrogen-bond donors (Lipinski definition) is 0. The molecule has 0 saturated heterocycles. The fraction of sp³-hybridized carbons (Fsp3) is 0.444. The van der Waals surface area contributed by atoms with Crippen LogP contribution in [0.1, 0.15) is 37.8 Å². The Balaban J connectivity index is 2.72. The molecule has 1 aromatic rings. The van der Waals surface area contributed by atoms with Crippen LogP contribution in [0.15, 0.2) is 49.6 Å². The molecular weight excluding hydrogens is 216 g/mol. The summed E-state index contributed by atoms with van der Waals surface area (Å²) in [5, 5.41) is 0. The van der Waals surface area contributed by atoms with Gasteiger partial charge in [-0.3, -0.25) is 0 Å². The zero-order valence-electron chi connectivity index (χ0n) is 11.9. The Morgan fingerprint density at radius 3 is 1.61 bits per heavy atom. The second-order valence-electron chi connectivity index (χ2n) is 5.44. The molecule has 0 aliphatic rings. The molecule has 0 fully saturated rings. The molecule has 0 spiro atoms. The lowest BCUT2D eigenvalue weighted by Gasteiger charge is -2.16. The normalized spacial score (nSPS) is 13.9. The molecule has 0 bridgehead atoms. The molecule has 0 heteroatoms. The van der Waals surface area contributed by atoms with E-state index < -0.39 is 0 Å². The quantitative estimate of drug-likeness (QED) is 0.550. The van der Waals surface area contributed by atoms with Gasteiger partial charge >= 0.3 is 0 Å². The summed E-state index contributed by atoms with van der Waals surface area (Å²) in [6.07, 6.45) is 8.54. The zero-order chi connectivity index (χ0) is 13.4. The first-order chi connectivity index (χ1) is 8.67. The van der Waals surface area contributed by atoms with Crippen molar-refractivity contribution < 1.29 is 0 Å². The lowest BCUT2D eigenvalue weighted by molar-refractivity contribution is 0.564. The van der Waals surface area contributed by atoms with Crippen molar-refractivity contribution in [2.24, 2.45) is 11.8 Å². The number of benzene rings is 1. The van der Waals surface area contributed by atoms with Crippen molar-refractivity contribution in [2.45, 2.75) is 39.5 Å². The molecule has 0 nitrogen and oxygen atoms in total. The van der Waals surface area contributed by atoms with Gasteiger partial charge in [0.05, 0.1) is 0 Å². The summed E-state index contributed by atoms with van der Waals surface area (Å²) in [4.78, 5) is 0. The van der Waals surface area contributed by atoms with E-state index in [1.807, 2.05) is 12.2 Å². The Hall–Kier alpha value is -1.30. The van der Waals surface area contributed by atoms with Gasteiger partial charge in [0.1, 0.15) is 0 Å². The van der Waals surface area contributed by atoms with Crippen LogP contribution >= 0.6 is 0 Å². The van der Waals surface area contributed by atoms with Gasteiger partial charge in [0.25, 0.3) is 0 Å². The summed E-state index contributed by atoms with van der Waals surface area (Å²) in [7, 11) is 0. The molecule has 2 unspecified atom stereocenters. The van der Waals surface area contributed by atoms with Crippen molar-refractivity contribution in [1.29, 1.82) is 0 Å². The zero-order valence-corrected chi connectivity index (χ0v) is 11.9. The molecule has 98 valence electrons. The van der Waals surface area contributed by atoms with Crippen LogP contribution in [0.4, 0.5) is 0 Å². The van der Waals surface area contributed by atoms with Crippen LogP contribution < -0.4 is 0 Å². The van der Waals surface area contributed by atoms with Gasteiger partial charge in [-0.1, -0.05) is 50.3 Å². The van der Waals surface area contributed by atoms with Gasteiger partial charge in [-0.15, -0.1) is 13.2 Å². The van der Waals surface area contributed by atoms with Gasteiger partial charge in [-0.2, -0.15) is 0 Å². The number of rotatable bonds is 8. The fourth-order valence-corrected chi connectivity index (χ4v) is 2.44. The van der Waals surface area contributed by atoms with Crippen LogP contribution in [0.5, 0.6) is 0 Å². The number of hydrogen-bond acceptors (Lipinski definition) is 0. The second-order valence-corrected chi connectivity index (χ2v) is 5.44. The maximum absolute atomic E-state index is 3.83. The van der Waals surface area contributed by atoms with Crippen molar-refractivity contribution in [3.63, 3.8) is 0 Å². The topological polar surface area (TPSA) is 0 Å². The predicted molar refractivity (Wildman–Crippen MR) is 81.8 cm³/mol. The molecule has 0 aliphatic carbocycles. The Morgan fingerprint density at radius 2 is 1.28 bits per heavy atom. The third-order valence-electron chi connectivity index (χ3n) is 3.39. The fourth-order valence-electron chi connectivity index (χ4n) is 2.44. The van der Waals surface area contributed by atoms with E-state index in [9.17, 15) is 0 Å². The molecule has 0 radical (unpaired) electrons. The summed E-state index contributed by atoms with van der Waals surface area (Å²) < 4.78 is 0. The summed E-state index contributed by atoms with van der Waals surface area (Å²) in [6, 6.07) is 8.85. The molecule has 1 rings (SSSR count). The van der Waals surface area contributed by atoms with E-state index in [2.05, 4.69) is 51.3 Å². The van der Waals surface area contributed by atoms with Gasteiger partial charge < -0.3 is 0 Å². The lowest BCUT2D eigenvalue weighted by atomic mass is 9.90. The lowest BCUT2D eigenvalue weighted by Crippen LogP contribution is -2.05. The van der Waals surface area contributed by atoms with E-state index >= 15 is 0 Å². The van der Waals surface area contributed by atoms with Crippen LogP contribution in [0, 0.1) is 11.8 Å². The molecule has 18 heavy (non-hydrogen) atoms.